The van der Waals surface area contributed by atoms with Gasteiger partial charge in [-0.25, -0.2) is 9.78 Å². The number of carbonyl (C=O) groups excluding carboxylic acids is 1. The van der Waals surface area contributed by atoms with Crippen LogP contribution in [0.1, 0.15) is 27.2 Å². The van der Waals surface area contributed by atoms with Crippen molar-refractivity contribution in [2.45, 2.75) is 18.3 Å². The van der Waals surface area contributed by atoms with E-state index in [1.165, 1.54) is 6.20 Å². The number of hydrogen-bond acceptors (Lipinski definition) is 4. The van der Waals surface area contributed by atoms with Gasteiger partial charge in [-0.05, 0) is 24.1 Å². The van der Waals surface area contributed by atoms with Crippen LogP contribution in [0.4, 0.5) is 5.82 Å². The molecule has 110 valence electrons. The summed E-state index contributed by atoms with van der Waals surface area (Å²) in [4.78, 5) is 34.1. The Morgan fingerprint density at radius 3 is 2.95 bits per heavy atom. The summed E-state index contributed by atoms with van der Waals surface area (Å²) in [5, 5.41) is 9.10. The second-order valence-corrected chi connectivity index (χ2v) is 5.81. The van der Waals surface area contributed by atoms with Crippen molar-refractivity contribution in [1.29, 1.82) is 0 Å². The van der Waals surface area contributed by atoms with Gasteiger partial charge in [0.1, 0.15) is 5.82 Å². The molecule has 6 nitrogen and oxygen atoms in total. The van der Waals surface area contributed by atoms with E-state index in [2.05, 4.69) is 9.97 Å². The molecule has 1 aliphatic heterocycles. The second-order valence-electron chi connectivity index (χ2n) is 5.81. The van der Waals surface area contributed by atoms with Crippen LogP contribution in [-0.2, 0) is 23.1 Å². The fourth-order valence-electron chi connectivity index (χ4n) is 3.55. The lowest BCUT2D eigenvalue weighted by Crippen LogP contribution is -2.39. The predicted molar refractivity (Wildman–Crippen MR) is 77.9 cm³/mol. The first-order chi connectivity index (χ1) is 10.5. The van der Waals surface area contributed by atoms with Gasteiger partial charge in [0.25, 0.3) is 0 Å². The third-order valence-electron chi connectivity index (χ3n) is 4.60. The van der Waals surface area contributed by atoms with Crippen molar-refractivity contribution >= 4 is 17.7 Å². The molecule has 1 N–H and O–H groups in total. The van der Waals surface area contributed by atoms with Gasteiger partial charge >= 0.3 is 5.97 Å². The molecule has 0 fully saturated rings. The lowest BCUT2D eigenvalue weighted by Gasteiger charge is -2.21. The smallest absolute Gasteiger partial charge is 0.337 e. The van der Waals surface area contributed by atoms with Gasteiger partial charge in [-0.2, -0.15) is 0 Å². The topological polar surface area (TPSA) is 83.4 Å². The number of amides is 1. The summed E-state index contributed by atoms with van der Waals surface area (Å²) in [7, 11) is 1.72. The monoisotopic (exact) mass is 295 g/mol. The van der Waals surface area contributed by atoms with Crippen LogP contribution in [0, 0.1) is 0 Å². The molecule has 1 atom stereocenters. The minimum atomic E-state index is -1.01. The van der Waals surface area contributed by atoms with Gasteiger partial charge in [0.05, 0.1) is 11.0 Å². The van der Waals surface area contributed by atoms with Crippen LogP contribution in [0.15, 0.2) is 30.6 Å². The maximum absolute atomic E-state index is 12.8. The van der Waals surface area contributed by atoms with Crippen molar-refractivity contribution in [3.8, 4) is 0 Å². The molecule has 1 spiro atoms. The number of aromatic nitrogens is 2. The van der Waals surface area contributed by atoms with E-state index in [0.717, 1.165) is 16.8 Å². The Hall–Kier alpha value is -2.76. The summed E-state index contributed by atoms with van der Waals surface area (Å²) in [5.41, 5.74) is 1.99. The number of pyridine rings is 2. The van der Waals surface area contributed by atoms with Crippen LogP contribution in [0.2, 0.25) is 0 Å². The van der Waals surface area contributed by atoms with Crippen molar-refractivity contribution in [3.05, 3.63) is 53.0 Å². The van der Waals surface area contributed by atoms with Crippen LogP contribution in [0.25, 0.3) is 0 Å². The largest absolute Gasteiger partial charge is 0.478 e. The predicted octanol–water partition coefficient (Wildman–Crippen LogP) is 1.19. The summed E-state index contributed by atoms with van der Waals surface area (Å²) >= 11 is 0. The van der Waals surface area contributed by atoms with Gasteiger partial charge in [0.2, 0.25) is 5.91 Å². The van der Waals surface area contributed by atoms with Gasteiger partial charge < -0.3 is 5.11 Å². The third kappa shape index (κ3) is 1.49. The number of fused-ring (bicyclic) bond motifs is 3. The molecule has 2 aliphatic rings. The average molecular weight is 295 g/mol. The Kier molecular flexibility index (Phi) is 2.43. The SMILES string of the molecule is CN1C(=O)[C@]2(Cc3cc(C(=O)O)cnc3C2)c2cccnc21. The summed E-state index contributed by atoms with van der Waals surface area (Å²) in [6.07, 6.45) is 3.99. The molecule has 2 aromatic heterocycles. The van der Waals surface area contributed by atoms with Crippen LogP contribution in [0.5, 0.6) is 0 Å². The highest BCUT2D eigenvalue weighted by atomic mass is 16.4. The first-order valence-corrected chi connectivity index (χ1v) is 6.98. The van der Waals surface area contributed by atoms with E-state index in [1.54, 1.807) is 24.2 Å². The summed E-state index contributed by atoms with van der Waals surface area (Å²) in [6, 6.07) is 5.38. The number of carbonyl (C=O) groups is 2. The standard InChI is InChI=1S/C16H13N3O3/c1-19-13-11(3-2-4-17-13)16(15(19)22)6-9-5-10(14(20)21)8-18-12(9)7-16/h2-5,8H,6-7H2,1H3,(H,20,21)/t16-/m0/s1. The molecule has 22 heavy (non-hydrogen) atoms. The lowest BCUT2D eigenvalue weighted by atomic mass is 9.79. The molecular formula is C16H13N3O3. The maximum Gasteiger partial charge on any atom is 0.337 e. The van der Waals surface area contributed by atoms with Gasteiger partial charge in [-0.3, -0.25) is 14.7 Å². The molecule has 1 amide bonds. The van der Waals surface area contributed by atoms with Crippen molar-refractivity contribution in [1.82, 2.24) is 9.97 Å². The normalized spacial score (nSPS) is 22.0. The van der Waals surface area contributed by atoms with E-state index in [9.17, 15) is 9.59 Å². The summed E-state index contributed by atoms with van der Waals surface area (Å²) in [6.45, 7) is 0. The van der Waals surface area contributed by atoms with E-state index in [4.69, 9.17) is 5.11 Å². The Labute approximate surface area is 126 Å². The second kappa shape index (κ2) is 4.13. The molecule has 0 bridgehead atoms. The number of nitrogens with zero attached hydrogens (tertiary/aromatic N) is 3. The highest BCUT2D eigenvalue weighted by Crippen LogP contribution is 2.48. The highest BCUT2D eigenvalue weighted by Gasteiger charge is 2.54. The number of likely N-dealkylation sites (N-methyl/N-ethyl adjacent to an activating group) is 1. The van der Waals surface area contributed by atoms with Crippen molar-refractivity contribution in [2.75, 3.05) is 11.9 Å². The Balaban J connectivity index is 1.85. The van der Waals surface area contributed by atoms with E-state index in [-0.39, 0.29) is 11.5 Å². The maximum atomic E-state index is 12.8. The minimum Gasteiger partial charge on any atom is -0.478 e. The van der Waals surface area contributed by atoms with Crippen LogP contribution < -0.4 is 4.90 Å². The zero-order chi connectivity index (χ0) is 15.5. The lowest BCUT2D eigenvalue weighted by molar-refractivity contribution is -0.122. The quantitative estimate of drug-likeness (QED) is 0.854. The fourth-order valence-corrected chi connectivity index (χ4v) is 3.55. The number of anilines is 1. The first-order valence-electron chi connectivity index (χ1n) is 6.98. The number of hydrogen-bond donors (Lipinski definition) is 1. The number of carboxylic acid groups (broad SMARTS) is 1. The van der Waals surface area contributed by atoms with Gasteiger partial charge in [0.15, 0.2) is 0 Å². The van der Waals surface area contributed by atoms with E-state index >= 15 is 0 Å². The molecule has 4 rings (SSSR count). The molecule has 0 unspecified atom stereocenters. The van der Waals surface area contributed by atoms with Gasteiger partial charge in [-0.1, -0.05) is 6.07 Å². The third-order valence-corrected chi connectivity index (χ3v) is 4.60. The molecule has 0 radical (unpaired) electrons. The highest BCUT2D eigenvalue weighted by molar-refractivity contribution is 6.07. The molecule has 2 aromatic rings. The molecule has 1 aliphatic carbocycles. The number of carboxylic acids is 1. The van der Waals surface area contributed by atoms with Crippen LogP contribution in [0.3, 0.4) is 0 Å². The van der Waals surface area contributed by atoms with Gasteiger partial charge in [-0.15, -0.1) is 0 Å². The van der Waals surface area contributed by atoms with Crippen LogP contribution in [-0.4, -0.2) is 34.0 Å². The fraction of sp³-hybridized carbons (Fsp3) is 0.250. The molecule has 3 heterocycles. The molecule has 6 heteroatoms. The van der Waals surface area contributed by atoms with E-state index < -0.39 is 11.4 Å². The molecular weight excluding hydrogens is 282 g/mol. The van der Waals surface area contributed by atoms with Crippen molar-refractivity contribution < 1.29 is 14.7 Å². The molecule has 0 saturated carbocycles. The van der Waals surface area contributed by atoms with Gasteiger partial charge in [0, 0.05) is 37.1 Å². The Morgan fingerprint density at radius 2 is 2.18 bits per heavy atom. The van der Waals surface area contributed by atoms with Crippen molar-refractivity contribution in [3.63, 3.8) is 0 Å². The van der Waals surface area contributed by atoms with Crippen LogP contribution >= 0.6 is 0 Å². The number of aromatic carboxylic acids is 1. The number of rotatable bonds is 1. The average Bonchev–Trinajstić information content (AvgIpc) is 3.00. The summed E-state index contributed by atoms with van der Waals surface area (Å²) < 4.78 is 0. The van der Waals surface area contributed by atoms with Crippen molar-refractivity contribution in [2.24, 2.45) is 0 Å². The Morgan fingerprint density at radius 1 is 1.36 bits per heavy atom. The first kappa shape index (κ1) is 12.9. The minimum absolute atomic E-state index is 0.00363. The zero-order valence-electron chi connectivity index (χ0n) is 11.9. The van der Waals surface area contributed by atoms with E-state index in [0.29, 0.717) is 18.7 Å². The molecule has 0 aromatic carbocycles. The molecule has 0 saturated heterocycles. The summed E-state index contributed by atoms with van der Waals surface area (Å²) in [5.74, 6) is -0.331. The zero-order valence-corrected chi connectivity index (χ0v) is 11.9. The van der Waals surface area contributed by atoms with E-state index in [1.807, 2.05) is 12.1 Å². The Bertz CT molecular complexity index is 833.